The molecule has 6 heteroatoms. The zero-order valence-corrected chi connectivity index (χ0v) is 14.6. The average molecular weight is 358 g/mol. The third-order valence-corrected chi connectivity index (χ3v) is 4.19. The van der Waals surface area contributed by atoms with E-state index in [1.165, 1.54) is 12.8 Å². The van der Waals surface area contributed by atoms with Crippen molar-refractivity contribution in [2.45, 2.75) is 25.5 Å². The summed E-state index contributed by atoms with van der Waals surface area (Å²) in [5.74, 6) is 2.45. The molecule has 1 aromatic heterocycles. The van der Waals surface area contributed by atoms with Gasteiger partial charge in [0.15, 0.2) is 5.76 Å². The number of rotatable bonds is 6. The Kier molecular flexibility index (Phi) is 6.78. The summed E-state index contributed by atoms with van der Waals surface area (Å²) in [6, 6.07) is 9.65. The van der Waals surface area contributed by atoms with Crippen LogP contribution in [0.5, 0.6) is 5.75 Å². The molecule has 1 atom stereocenters. The van der Waals surface area contributed by atoms with Crippen LogP contribution in [-0.4, -0.2) is 26.4 Å². The van der Waals surface area contributed by atoms with Crippen LogP contribution in [0.25, 0.3) is 11.3 Å². The third-order valence-electron chi connectivity index (χ3n) is 3.90. The summed E-state index contributed by atoms with van der Waals surface area (Å²) in [6.45, 7) is 2.72. The quantitative estimate of drug-likeness (QED) is 0.782. The molecule has 2 N–H and O–H groups in total. The molecule has 1 saturated heterocycles. The van der Waals surface area contributed by atoms with Gasteiger partial charge in [-0.25, -0.2) is 0 Å². The topological polar surface area (TPSA) is 48.2 Å². The van der Waals surface area contributed by atoms with Crippen LogP contribution in [0.15, 0.2) is 34.7 Å². The van der Waals surface area contributed by atoms with Crippen LogP contribution in [0.3, 0.4) is 0 Å². The fraction of sp³-hybridized carbons (Fsp3) is 0.412. The van der Waals surface area contributed by atoms with Crippen molar-refractivity contribution in [3.63, 3.8) is 0 Å². The molecule has 0 saturated carbocycles. The molecule has 2 aromatic rings. The first-order valence-corrected chi connectivity index (χ1v) is 8.00. The summed E-state index contributed by atoms with van der Waals surface area (Å²) in [6.07, 6.45) is 2.75. The predicted molar refractivity (Wildman–Crippen MR) is 85.2 cm³/mol. The Hall–Kier alpha value is -1.20. The van der Waals surface area contributed by atoms with Gasteiger partial charge in [0.05, 0.1) is 12.1 Å². The van der Waals surface area contributed by atoms with Crippen molar-refractivity contribution in [3.8, 4) is 17.1 Å². The third kappa shape index (κ3) is 4.64. The van der Waals surface area contributed by atoms with Crippen LogP contribution in [-0.2, 0) is 11.3 Å². The summed E-state index contributed by atoms with van der Waals surface area (Å²) in [5.41, 5.74) is 0.955. The van der Waals surface area contributed by atoms with Crippen LogP contribution in [0.1, 0.15) is 18.6 Å². The van der Waals surface area contributed by atoms with Crippen molar-refractivity contribution >= 4 is 11.6 Å². The van der Waals surface area contributed by atoms with E-state index in [0.717, 1.165) is 36.8 Å². The highest BCUT2D eigenvalue weighted by molar-refractivity contribution is 6.32. The van der Waals surface area contributed by atoms with Gasteiger partial charge in [-0.3, -0.25) is 0 Å². The van der Waals surface area contributed by atoms with Gasteiger partial charge in [-0.2, -0.15) is 0 Å². The second kappa shape index (κ2) is 8.60. The molecule has 3 rings (SSSR count). The van der Waals surface area contributed by atoms with Crippen molar-refractivity contribution in [2.24, 2.45) is 0 Å². The minimum absolute atomic E-state index is 0. The SMILES string of the molecule is COc1ccc(-c2ccc(C[NH2+]CC3CCCO3)o2)cc1Cl.[Cl-]. The number of quaternary nitrogens is 1. The Morgan fingerprint density at radius 2 is 2.17 bits per heavy atom. The molecular weight excluding hydrogens is 337 g/mol. The van der Waals surface area contributed by atoms with Crippen molar-refractivity contribution in [2.75, 3.05) is 20.3 Å². The summed E-state index contributed by atoms with van der Waals surface area (Å²) in [7, 11) is 1.61. The molecule has 1 aliphatic rings. The zero-order chi connectivity index (χ0) is 15.4. The van der Waals surface area contributed by atoms with Crippen LogP contribution >= 0.6 is 11.6 Å². The lowest BCUT2D eigenvalue weighted by molar-refractivity contribution is -0.677. The number of hydrogen-bond acceptors (Lipinski definition) is 3. The highest BCUT2D eigenvalue weighted by atomic mass is 35.5. The number of halogens is 2. The monoisotopic (exact) mass is 357 g/mol. The maximum Gasteiger partial charge on any atom is 0.158 e. The molecule has 1 aromatic carbocycles. The molecule has 0 bridgehead atoms. The van der Waals surface area contributed by atoms with Gasteiger partial charge in [-0.05, 0) is 43.2 Å². The molecule has 2 heterocycles. The fourth-order valence-corrected chi connectivity index (χ4v) is 2.96. The number of nitrogens with two attached hydrogens (primary N) is 1. The molecule has 1 fully saturated rings. The first-order valence-electron chi connectivity index (χ1n) is 7.62. The van der Waals surface area contributed by atoms with E-state index in [-0.39, 0.29) is 12.4 Å². The molecule has 1 unspecified atom stereocenters. The van der Waals surface area contributed by atoms with Gasteiger partial charge in [0.25, 0.3) is 0 Å². The molecule has 0 amide bonds. The molecule has 0 radical (unpaired) electrons. The normalized spacial score (nSPS) is 17.0. The summed E-state index contributed by atoms with van der Waals surface area (Å²) in [5, 5.41) is 2.82. The average Bonchev–Trinajstić information content (AvgIpc) is 3.19. The standard InChI is InChI=1S/C17H20ClNO3.ClH/c1-20-17-6-4-12(9-15(17)18)16-7-5-14(22-16)11-19-10-13-3-2-8-21-13;/h4-7,9,13,19H,2-3,8,10-11H2,1H3;1H. The zero-order valence-electron chi connectivity index (χ0n) is 13.1. The summed E-state index contributed by atoms with van der Waals surface area (Å²) < 4.78 is 16.7. The Labute approximate surface area is 147 Å². The summed E-state index contributed by atoms with van der Waals surface area (Å²) in [4.78, 5) is 0. The first kappa shape index (κ1) is 18.1. The van der Waals surface area contributed by atoms with Crippen LogP contribution < -0.4 is 22.5 Å². The number of ether oxygens (including phenoxy) is 2. The van der Waals surface area contributed by atoms with Gasteiger partial charge in [-0.15, -0.1) is 0 Å². The van der Waals surface area contributed by atoms with Gasteiger partial charge in [0.1, 0.15) is 30.7 Å². The highest BCUT2D eigenvalue weighted by Crippen LogP contribution is 2.30. The van der Waals surface area contributed by atoms with Gasteiger partial charge >= 0.3 is 0 Å². The molecule has 126 valence electrons. The Balaban J connectivity index is 0.00000192. The molecule has 4 nitrogen and oxygen atoms in total. The predicted octanol–water partition coefficient (Wildman–Crippen LogP) is -0.145. The van der Waals surface area contributed by atoms with E-state index in [1.807, 2.05) is 30.3 Å². The fourth-order valence-electron chi connectivity index (χ4n) is 2.70. The van der Waals surface area contributed by atoms with Crippen molar-refractivity contribution < 1.29 is 31.6 Å². The largest absolute Gasteiger partial charge is 1.00 e. The molecular formula is C17H21Cl2NO3. The van der Waals surface area contributed by atoms with Crippen LogP contribution in [0.2, 0.25) is 5.02 Å². The molecule has 0 aliphatic carbocycles. The van der Waals surface area contributed by atoms with Gasteiger partial charge in [0.2, 0.25) is 0 Å². The van der Waals surface area contributed by atoms with Crippen LogP contribution in [0, 0.1) is 0 Å². The minimum Gasteiger partial charge on any atom is -1.00 e. The van der Waals surface area contributed by atoms with Crippen molar-refractivity contribution in [3.05, 3.63) is 41.1 Å². The van der Waals surface area contributed by atoms with Crippen molar-refractivity contribution in [1.29, 1.82) is 0 Å². The van der Waals surface area contributed by atoms with E-state index < -0.39 is 0 Å². The van der Waals surface area contributed by atoms with E-state index in [0.29, 0.717) is 16.9 Å². The summed E-state index contributed by atoms with van der Waals surface area (Å²) >= 11 is 6.16. The highest BCUT2D eigenvalue weighted by Gasteiger charge is 2.17. The second-order valence-electron chi connectivity index (χ2n) is 5.48. The lowest BCUT2D eigenvalue weighted by Gasteiger charge is -2.06. The van der Waals surface area contributed by atoms with Gasteiger partial charge < -0.3 is 31.6 Å². The number of benzene rings is 1. The molecule has 1 aliphatic heterocycles. The smallest absolute Gasteiger partial charge is 0.158 e. The Morgan fingerprint density at radius 1 is 1.30 bits per heavy atom. The van der Waals surface area contributed by atoms with Crippen molar-refractivity contribution in [1.82, 2.24) is 0 Å². The molecule has 0 spiro atoms. The van der Waals surface area contributed by atoms with E-state index in [9.17, 15) is 0 Å². The van der Waals surface area contributed by atoms with Crippen LogP contribution in [0.4, 0.5) is 0 Å². The second-order valence-corrected chi connectivity index (χ2v) is 5.89. The Bertz CT molecular complexity index is 624. The van der Waals surface area contributed by atoms with Gasteiger partial charge in [0, 0.05) is 12.2 Å². The van der Waals surface area contributed by atoms with Gasteiger partial charge in [-0.1, -0.05) is 11.6 Å². The maximum absolute atomic E-state index is 6.16. The number of hydrogen-bond donors (Lipinski definition) is 1. The van der Waals surface area contributed by atoms with E-state index in [2.05, 4.69) is 5.32 Å². The number of methoxy groups -OCH3 is 1. The number of furan rings is 1. The van der Waals surface area contributed by atoms with E-state index >= 15 is 0 Å². The van der Waals surface area contributed by atoms with E-state index in [4.69, 9.17) is 25.5 Å². The Morgan fingerprint density at radius 3 is 2.87 bits per heavy atom. The maximum atomic E-state index is 6.16. The molecule has 23 heavy (non-hydrogen) atoms. The lowest BCUT2D eigenvalue weighted by Crippen LogP contribution is -3.00. The van der Waals surface area contributed by atoms with E-state index in [1.54, 1.807) is 7.11 Å². The first-order chi connectivity index (χ1) is 10.8. The lowest BCUT2D eigenvalue weighted by atomic mass is 10.2. The minimum atomic E-state index is 0.